The van der Waals surface area contributed by atoms with Crippen LogP contribution in [0.4, 0.5) is 4.79 Å². The summed E-state index contributed by atoms with van der Waals surface area (Å²) in [6.07, 6.45) is 3.27. The zero-order chi connectivity index (χ0) is 25.0. The lowest BCUT2D eigenvalue weighted by Crippen LogP contribution is -2.61. The molecule has 1 aliphatic heterocycles. The molecule has 2 unspecified atom stereocenters. The van der Waals surface area contributed by atoms with Crippen LogP contribution in [0.1, 0.15) is 69.4 Å². The maximum Gasteiger partial charge on any atom is 0.407 e. The predicted octanol–water partition coefficient (Wildman–Crippen LogP) is 4.94. The second-order valence-corrected chi connectivity index (χ2v) is 9.69. The maximum atomic E-state index is 13.4. The van der Waals surface area contributed by atoms with Crippen LogP contribution in [-0.2, 0) is 14.3 Å². The number of carboxylic acids is 1. The van der Waals surface area contributed by atoms with E-state index in [-0.39, 0.29) is 18.4 Å². The van der Waals surface area contributed by atoms with E-state index < -0.39 is 23.6 Å². The highest BCUT2D eigenvalue weighted by Gasteiger charge is 2.45. The van der Waals surface area contributed by atoms with Crippen molar-refractivity contribution in [1.82, 2.24) is 10.2 Å². The van der Waals surface area contributed by atoms with Gasteiger partial charge in [-0.05, 0) is 54.9 Å². The van der Waals surface area contributed by atoms with Crippen molar-refractivity contribution in [3.8, 4) is 11.1 Å². The molecule has 0 spiro atoms. The molecule has 0 radical (unpaired) electrons. The fourth-order valence-electron chi connectivity index (χ4n) is 5.33. The van der Waals surface area contributed by atoms with Crippen molar-refractivity contribution in [3.05, 3.63) is 59.7 Å². The molecule has 0 saturated carbocycles. The Morgan fingerprint density at radius 1 is 1.09 bits per heavy atom. The normalized spacial score (nSPS) is 20.0. The highest BCUT2D eigenvalue weighted by atomic mass is 16.5. The standard InChI is InChI=1S/C28H34N2O5/c1-3-4-15-24(25(31)30-17-10-9-16-28(30,2)26(32)33)29-27(34)35-18-23-21-13-7-5-11-19(21)20-12-6-8-14-22(20)23/h5-8,11-14,23-24H,3-4,9-10,15-18H2,1-2H3,(H,29,34)(H,32,33). The second-order valence-electron chi connectivity index (χ2n) is 9.69. The number of nitrogens with one attached hydrogen (secondary N) is 1. The SMILES string of the molecule is CCCCC(NC(=O)OCC1c2ccccc2-c2ccccc21)C(=O)N1CCCCC1(C)C(=O)O. The Bertz CT molecular complexity index is 1050. The fourth-order valence-corrected chi connectivity index (χ4v) is 5.33. The number of unbranched alkanes of at least 4 members (excludes halogenated alkanes) is 1. The van der Waals surface area contributed by atoms with Crippen LogP contribution in [0.2, 0.25) is 0 Å². The summed E-state index contributed by atoms with van der Waals surface area (Å²) in [6.45, 7) is 4.13. The number of hydrogen-bond donors (Lipinski definition) is 2. The zero-order valence-electron chi connectivity index (χ0n) is 20.5. The monoisotopic (exact) mass is 478 g/mol. The largest absolute Gasteiger partial charge is 0.480 e. The van der Waals surface area contributed by atoms with Crippen LogP contribution >= 0.6 is 0 Å². The number of aliphatic carboxylic acids is 1. The van der Waals surface area contributed by atoms with E-state index in [0.29, 0.717) is 19.4 Å². The molecule has 2 aromatic rings. The van der Waals surface area contributed by atoms with E-state index in [4.69, 9.17) is 4.74 Å². The number of nitrogens with zero attached hydrogens (tertiary/aromatic N) is 1. The van der Waals surface area contributed by atoms with Crippen molar-refractivity contribution in [2.45, 2.75) is 69.9 Å². The van der Waals surface area contributed by atoms with Gasteiger partial charge in [-0.15, -0.1) is 0 Å². The van der Waals surface area contributed by atoms with Gasteiger partial charge >= 0.3 is 12.1 Å². The van der Waals surface area contributed by atoms with Gasteiger partial charge in [0.05, 0.1) is 0 Å². The number of benzene rings is 2. The highest BCUT2D eigenvalue weighted by Crippen LogP contribution is 2.44. The Kier molecular flexibility index (Phi) is 7.43. The fraction of sp³-hybridized carbons (Fsp3) is 0.464. The van der Waals surface area contributed by atoms with E-state index in [9.17, 15) is 19.5 Å². The molecule has 1 saturated heterocycles. The number of carboxylic acid groups (broad SMARTS) is 1. The van der Waals surface area contributed by atoms with Gasteiger partial charge in [0.1, 0.15) is 18.2 Å². The Morgan fingerprint density at radius 3 is 2.31 bits per heavy atom. The first-order valence-corrected chi connectivity index (χ1v) is 12.5. The van der Waals surface area contributed by atoms with Gasteiger partial charge in [-0.25, -0.2) is 9.59 Å². The second kappa shape index (κ2) is 10.5. The predicted molar refractivity (Wildman–Crippen MR) is 133 cm³/mol. The van der Waals surface area contributed by atoms with Crippen molar-refractivity contribution in [2.75, 3.05) is 13.2 Å². The van der Waals surface area contributed by atoms with Crippen LogP contribution in [0.5, 0.6) is 0 Å². The molecule has 2 atom stereocenters. The van der Waals surface area contributed by atoms with Crippen LogP contribution in [0.3, 0.4) is 0 Å². The van der Waals surface area contributed by atoms with Gasteiger partial charge in [0, 0.05) is 12.5 Å². The van der Waals surface area contributed by atoms with E-state index in [1.165, 1.54) is 4.90 Å². The number of carbonyl (C=O) groups excluding carboxylic acids is 2. The lowest BCUT2D eigenvalue weighted by Gasteiger charge is -2.43. The van der Waals surface area contributed by atoms with E-state index in [1.54, 1.807) is 6.92 Å². The number of piperidine rings is 1. The molecule has 35 heavy (non-hydrogen) atoms. The molecule has 186 valence electrons. The average Bonchev–Trinajstić information content (AvgIpc) is 3.18. The number of alkyl carbamates (subject to hydrolysis) is 1. The van der Waals surface area contributed by atoms with Gasteiger partial charge in [0.2, 0.25) is 5.91 Å². The third kappa shape index (κ3) is 4.90. The summed E-state index contributed by atoms with van der Waals surface area (Å²) in [7, 11) is 0. The molecule has 4 rings (SSSR count). The molecule has 0 bridgehead atoms. The van der Waals surface area contributed by atoms with Gasteiger partial charge in [0.15, 0.2) is 0 Å². The number of rotatable bonds is 8. The molecule has 2 aromatic carbocycles. The zero-order valence-corrected chi connectivity index (χ0v) is 20.5. The molecule has 1 aliphatic carbocycles. The van der Waals surface area contributed by atoms with Gasteiger partial charge in [-0.1, -0.05) is 68.3 Å². The average molecular weight is 479 g/mol. The van der Waals surface area contributed by atoms with Crippen molar-refractivity contribution in [3.63, 3.8) is 0 Å². The lowest BCUT2D eigenvalue weighted by atomic mass is 9.87. The quantitative estimate of drug-likeness (QED) is 0.560. The van der Waals surface area contributed by atoms with Gasteiger partial charge in [-0.2, -0.15) is 0 Å². The van der Waals surface area contributed by atoms with Gasteiger partial charge in [0.25, 0.3) is 0 Å². The third-order valence-corrected chi connectivity index (χ3v) is 7.40. The van der Waals surface area contributed by atoms with Crippen LogP contribution in [-0.4, -0.2) is 52.7 Å². The van der Waals surface area contributed by atoms with Crippen molar-refractivity contribution >= 4 is 18.0 Å². The van der Waals surface area contributed by atoms with Crippen LogP contribution in [0, 0.1) is 0 Å². The van der Waals surface area contributed by atoms with Crippen LogP contribution < -0.4 is 5.32 Å². The minimum Gasteiger partial charge on any atom is -0.480 e. The van der Waals surface area contributed by atoms with Gasteiger partial charge < -0.3 is 20.1 Å². The first kappa shape index (κ1) is 24.8. The number of ether oxygens (including phenoxy) is 1. The topological polar surface area (TPSA) is 95.9 Å². The van der Waals surface area contributed by atoms with E-state index in [2.05, 4.69) is 29.6 Å². The van der Waals surface area contributed by atoms with Crippen LogP contribution in [0.15, 0.2) is 48.5 Å². The number of hydrogen-bond acceptors (Lipinski definition) is 4. The minimum absolute atomic E-state index is 0.0738. The van der Waals surface area contributed by atoms with Gasteiger partial charge in [-0.3, -0.25) is 4.79 Å². The van der Waals surface area contributed by atoms with Crippen molar-refractivity contribution in [2.24, 2.45) is 0 Å². The summed E-state index contributed by atoms with van der Waals surface area (Å²) in [5.74, 6) is -1.44. The Balaban J connectivity index is 1.46. The molecule has 1 fully saturated rings. The number of carbonyl (C=O) groups is 3. The molecule has 2 aliphatic rings. The first-order chi connectivity index (χ1) is 16.9. The molecule has 0 aromatic heterocycles. The number of likely N-dealkylation sites (tertiary alicyclic amines) is 1. The number of fused-ring (bicyclic) bond motifs is 3. The van der Waals surface area contributed by atoms with Crippen LogP contribution in [0.25, 0.3) is 11.1 Å². The minimum atomic E-state index is -1.26. The molecule has 7 heteroatoms. The summed E-state index contributed by atoms with van der Waals surface area (Å²) < 4.78 is 5.65. The Morgan fingerprint density at radius 2 is 1.71 bits per heavy atom. The summed E-state index contributed by atoms with van der Waals surface area (Å²) in [4.78, 5) is 39.7. The molecule has 2 N–H and O–H groups in total. The highest BCUT2D eigenvalue weighted by molar-refractivity contribution is 5.91. The molecule has 1 heterocycles. The molecule has 2 amide bonds. The molecular formula is C28H34N2O5. The molecular weight excluding hydrogens is 444 g/mol. The van der Waals surface area contributed by atoms with E-state index >= 15 is 0 Å². The summed E-state index contributed by atoms with van der Waals surface area (Å²) in [6, 6.07) is 15.4. The van der Waals surface area contributed by atoms with Crippen molar-refractivity contribution in [1.29, 1.82) is 0 Å². The Labute approximate surface area is 206 Å². The van der Waals surface area contributed by atoms with Crippen molar-refractivity contribution < 1.29 is 24.2 Å². The summed E-state index contributed by atoms with van der Waals surface area (Å²) in [5, 5.41) is 12.6. The smallest absolute Gasteiger partial charge is 0.407 e. The van der Waals surface area contributed by atoms with E-state index in [1.807, 2.05) is 31.2 Å². The maximum absolute atomic E-state index is 13.4. The van der Waals surface area contributed by atoms with E-state index in [0.717, 1.165) is 47.9 Å². The first-order valence-electron chi connectivity index (χ1n) is 12.5. The Hall–Kier alpha value is -3.35. The lowest BCUT2D eigenvalue weighted by molar-refractivity contribution is -0.161. The summed E-state index contributed by atoms with van der Waals surface area (Å²) in [5.41, 5.74) is 3.26. The molecule has 7 nitrogen and oxygen atoms in total. The number of amides is 2. The summed E-state index contributed by atoms with van der Waals surface area (Å²) >= 11 is 0. The third-order valence-electron chi connectivity index (χ3n) is 7.40.